The molecule has 21 saturated heterocycles. The first-order chi connectivity index (χ1) is 39.9. The molecule has 14 bridgehead atoms. The van der Waals surface area contributed by atoms with E-state index < -0.39 is 286 Å². The van der Waals surface area contributed by atoms with Crippen LogP contribution in [-0.2, 0) is 80.6 Å². The third-order valence-electron chi connectivity index (χ3n) is 15.5. The van der Waals surface area contributed by atoms with Crippen LogP contribution >= 0.6 is 0 Å². The van der Waals surface area contributed by atoms with Crippen LogP contribution in [-0.4, -0.2) is 375 Å². The maximum atomic E-state index is 12.6. The fraction of sp³-hybridized carbons (Fsp3) is 0.957. The van der Waals surface area contributed by atoms with Gasteiger partial charge in [0.25, 0.3) is 0 Å². The van der Waals surface area contributed by atoms with Crippen LogP contribution in [0.3, 0.4) is 0 Å². The number of carboxylic acids is 1. The van der Waals surface area contributed by atoms with Crippen molar-refractivity contribution >= 4 is 11.9 Å². The Labute approximate surface area is 522 Å². The van der Waals surface area contributed by atoms with Gasteiger partial charge in [-0.2, -0.15) is 0 Å². The van der Waals surface area contributed by atoms with Crippen molar-refractivity contribution in [3.05, 3.63) is 0 Å². The van der Waals surface area contributed by atoms with Crippen LogP contribution in [0.4, 0.5) is 0 Å². The van der Waals surface area contributed by atoms with E-state index in [4.69, 9.17) is 71.1 Å². The van der Waals surface area contributed by atoms with E-state index in [2.05, 4.69) is 0 Å². The molecule has 21 fully saturated rings. The number of rotatable bonds is 11. The molecule has 0 aromatic rings. The third kappa shape index (κ3) is 15.3. The Hall–Kier alpha value is -0.784. The summed E-state index contributed by atoms with van der Waals surface area (Å²) in [5, 5.41) is 233. The largest absolute Gasteiger partial charge is 1.00 e. The zero-order valence-corrected chi connectivity index (χ0v) is 48.0. The zero-order chi connectivity index (χ0) is 61.3. The molecule has 0 radical (unpaired) electrons. The quantitative estimate of drug-likeness (QED) is 0.0675. The number of carboxylic acid groups (broad SMARTS) is 1. The summed E-state index contributed by atoms with van der Waals surface area (Å²) in [6, 6.07) is 0. The van der Waals surface area contributed by atoms with Gasteiger partial charge in [-0.15, -0.1) is 0 Å². The van der Waals surface area contributed by atoms with E-state index >= 15 is 0 Å². The minimum Gasteiger partial charge on any atom is -0.550 e. The Morgan fingerprint density at radius 1 is 0.282 bits per heavy atom. The minimum atomic E-state index is -2.33. The molecule has 39 heteroatoms. The Balaban J connectivity index is 0.0000104. The first kappa shape index (κ1) is 71.7. The van der Waals surface area contributed by atoms with Gasteiger partial charge in [-0.05, 0) is 6.42 Å². The average Bonchev–Trinajstić information content (AvgIpc) is 2.86. The Bertz CT molecular complexity index is 2080. The van der Waals surface area contributed by atoms with E-state index in [0.29, 0.717) is 0 Å². The van der Waals surface area contributed by atoms with E-state index in [1.54, 1.807) is 0 Å². The maximum absolute atomic E-state index is 12.6. The summed E-state index contributed by atoms with van der Waals surface area (Å²) in [4.78, 5) is 23.7. The summed E-state index contributed by atoms with van der Waals surface area (Å²) in [6.07, 6.45) is -74.4. The molecule has 0 amide bonds. The number of carbonyl (C=O) groups excluding carboxylic acids is 2. The second kappa shape index (κ2) is 31.2. The van der Waals surface area contributed by atoms with Gasteiger partial charge >= 0.3 is 57.4 Å². The molecule has 21 aliphatic rings. The molecular formula is C46H73KO38. The van der Waals surface area contributed by atoms with Gasteiger partial charge in [-0.1, -0.05) is 0 Å². The normalized spacial score (nSPS) is 51.0. The third-order valence-corrected chi connectivity index (χ3v) is 15.5. The average molecular weight is 1270 g/mol. The molecule has 0 aromatic carbocycles. The standard InChI is InChI=1S/C46H74O38.K/c47-3-10-33-20(57)27(64)41(72-10)80-35-12(5-49)74-43(29(66)22(35)59)82-37-14(7-51)76-45(31(68)24(37)61)84-39-16(9-70-18(55)2-1-17(53)54)77-46(32(69)25(39)62)83-38-15(8-52)75-44(30(67)23(38)60)81-36-13(6-50)73-42(28(65)21(36)58)79-34-11(4-48)71-40(78-33)26(63)19(34)56;/h10-16,19-52,56-69H,1-9H2,(H,53,54);/q;+1/p-1/t10-,11-,12-,13-,14-,15-,16-,19-,20-,21-,22-,23+,24-,25-,26-,27-,28+,29-,30-,31-,32-,33-,34-,35-,36-,37-,38-,39-,40-,41-,42-,43-,44-,45-,46-;/m1./s1. The van der Waals surface area contributed by atoms with Gasteiger partial charge in [-0.25, -0.2) is 0 Å². The van der Waals surface area contributed by atoms with E-state index in [1.165, 1.54) is 0 Å². The SMILES string of the molecule is O=C([O-])CCC(=O)OC[C@H]1O[C@@H]2O[C@H]3[C@@H](O)[C@@H](O)[C@@H](O[C@H]4[C@H](O)[C@H](O)[C@@H](O[C@H]5[C@H](O)[C@@H](O)[C@@H](O[C@H]6[C@H](O)[C@@H](O)[C@@H](O[C@H]7[C@H](O)[C@@H](O)[C@@H](O[C@H]8[C@H](O)[C@@H](O)[C@@H](O[C@H]1[C@H](O)[C@H]2O)O[C@@H]8CO)O[C@@H]7CO)O[C@@H]6CO)O[C@@H]5CO)O[C@@H]4CO)O[C@@H]3CO.[K+]. The van der Waals surface area contributed by atoms with Gasteiger partial charge in [-0.3, -0.25) is 4.79 Å². The topological polar surface area (TPSA) is 600 Å². The molecule has 21 aliphatic heterocycles. The summed E-state index contributed by atoms with van der Waals surface area (Å²) in [6.45, 7) is -7.57. The molecule has 0 aromatic heterocycles. The van der Waals surface area contributed by atoms with Gasteiger partial charge in [0.1, 0.15) is 178 Å². The molecule has 0 saturated carbocycles. The van der Waals surface area contributed by atoms with Gasteiger partial charge in [0.05, 0.1) is 46.1 Å². The molecule has 20 N–H and O–H groups in total. The van der Waals surface area contributed by atoms with Gasteiger partial charge < -0.3 is 183 Å². The fourth-order valence-electron chi connectivity index (χ4n) is 10.9. The van der Waals surface area contributed by atoms with E-state index in [1.807, 2.05) is 0 Å². The van der Waals surface area contributed by atoms with Crippen LogP contribution in [0.15, 0.2) is 0 Å². The van der Waals surface area contributed by atoms with Gasteiger partial charge in [0, 0.05) is 5.97 Å². The predicted molar refractivity (Wildman–Crippen MR) is 247 cm³/mol. The second-order valence-corrected chi connectivity index (χ2v) is 21.0. The molecule has 35 atom stereocenters. The van der Waals surface area contributed by atoms with E-state index in [-0.39, 0.29) is 51.4 Å². The van der Waals surface area contributed by atoms with Crippen LogP contribution in [0, 0.1) is 0 Å². The van der Waals surface area contributed by atoms with Crippen molar-refractivity contribution in [3.8, 4) is 0 Å². The number of esters is 1. The van der Waals surface area contributed by atoms with Crippen LogP contribution < -0.4 is 56.5 Å². The molecule has 38 nitrogen and oxygen atoms in total. The first-order valence-corrected chi connectivity index (χ1v) is 26.6. The van der Waals surface area contributed by atoms with Crippen LogP contribution in [0.5, 0.6) is 0 Å². The number of aliphatic carboxylic acids is 1. The van der Waals surface area contributed by atoms with Crippen molar-refractivity contribution < 1.29 is 239 Å². The maximum Gasteiger partial charge on any atom is 1.00 e. The monoisotopic (exact) mass is 1270 g/mol. The van der Waals surface area contributed by atoms with Gasteiger partial charge in [0.2, 0.25) is 0 Å². The number of hydrogen-bond donors (Lipinski definition) is 20. The first-order valence-electron chi connectivity index (χ1n) is 26.6. The number of aliphatic hydroxyl groups excluding tert-OH is 20. The van der Waals surface area contributed by atoms with Crippen molar-refractivity contribution in [2.24, 2.45) is 0 Å². The van der Waals surface area contributed by atoms with Crippen LogP contribution in [0.2, 0.25) is 0 Å². The van der Waals surface area contributed by atoms with Crippen LogP contribution in [0.25, 0.3) is 0 Å². The zero-order valence-electron chi connectivity index (χ0n) is 44.9. The summed E-state index contributed by atoms with van der Waals surface area (Å²) in [7, 11) is 0. The van der Waals surface area contributed by atoms with E-state index in [9.17, 15) is 117 Å². The van der Waals surface area contributed by atoms with Crippen molar-refractivity contribution in [3.63, 3.8) is 0 Å². The van der Waals surface area contributed by atoms with E-state index in [0.717, 1.165) is 0 Å². The number of aliphatic hydroxyl groups is 20. The van der Waals surface area contributed by atoms with Crippen LogP contribution in [0.1, 0.15) is 12.8 Å². The molecule has 486 valence electrons. The number of ether oxygens (including phenoxy) is 15. The smallest absolute Gasteiger partial charge is 0.550 e. The predicted octanol–water partition coefficient (Wildman–Crippen LogP) is -19.1. The van der Waals surface area contributed by atoms with Crippen molar-refractivity contribution in [2.45, 2.75) is 228 Å². The number of carbonyl (C=O) groups is 2. The van der Waals surface area contributed by atoms with Crippen molar-refractivity contribution in [1.82, 2.24) is 0 Å². The van der Waals surface area contributed by atoms with Crippen molar-refractivity contribution in [1.29, 1.82) is 0 Å². The Morgan fingerprint density at radius 3 is 0.635 bits per heavy atom. The van der Waals surface area contributed by atoms with Crippen molar-refractivity contribution in [2.75, 3.05) is 46.2 Å². The fourth-order valence-corrected chi connectivity index (χ4v) is 10.9. The molecule has 21 rings (SSSR count). The second-order valence-electron chi connectivity index (χ2n) is 21.0. The molecule has 0 spiro atoms. The summed E-state index contributed by atoms with van der Waals surface area (Å²) >= 11 is 0. The summed E-state index contributed by atoms with van der Waals surface area (Å²) in [5.74, 6) is -2.85. The molecule has 21 heterocycles. The van der Waals surface area contributed by atoms with Gasteiger partial charge in [0.15, 0.2) is 44.0 Å². The Kier molecular flexibility index (Phi) is 26.3. The molecule has 0 unspecified atom stereocenters. The Morgan fingerprint density at radius 2 is 0.459 bits per heavy atom. The number of hydrogen-bond acceptors (Lipinski definition) is 38. The summed E-state index contributed by atoms with van der Waals surface area (Å²) < 4.78 is 85.1. The summed E-state index contributed by atoms with van der Waals surface area (Å²) in [5.41, 5.74) is 0. The molecule has 0 aliphatic carbocycles. The minimum absolute atomic E-state index is 0. The molecular weight excluding hydrogens is 1200 g/mol. The molecule has 85 heavy (non-hydrogen) atoms.